The molecular weight excluding hydrogens is 164 g/mol. The van der Waals surface area contributed by atoms with Crippen LogP contribution in [0.5, 0.6) is 0 Å². The van der Waals surface area contributed by atoms with Crippen LogP contribution in [0.4, 0.5) is 0 Å². The highest BCUT2D eigenvalue weighted by Gasteiger charge is 2.24. The van der Waals surface area contributed by atoms with E-state index in [1.54, 1.807) is 0 Å². The second kappa shape index (κ2) is 5.58. The molecule has 1 fully saturated rings. The van der Waals surface area contributed by atoms with Crippen LogP contribution in [0.3, 0.4) is 0 Å². The van der Waals surface area contributed by atoms with Gasteiger partial charge < -0.3 is 10.8 Å². The van der Waals surface area contributed by atoms with Gasteiger partial charge in [-0.25, -0.2) is 0 Å². The number of likely N-dealkylation sites (tertiary alicyclic amines) is 1. The second-order valence-corrected chi connectivity index (χ2v) is 4.02. The van der Waals surface area contributed by atoms with Crippen molar-refractivity contribution in [1.82, 2.24) is 4.90 Å². The zero-order valence-corrected chi connectivity index (χ0v) is 8.58. The lowest BCUT2D eigenvalue weighted by Crippen LogP contribution is -2.41. The number of nitrogens with zero attached hydrogens (tertiary/aromatic N) is 1. The minimum Gasteiger partial charge on any atom is -0.395 e. The van der Waals surface area contributed by atoms with Crippen LogP contribution in [0.25, 0.3) is 0 Å². The quantitative estimate of drug-likeness (QED) is 0.660. The van der Waals surface area contributed by atoms with Crippen LogP contribution in [-0.4, -0.2) is 41.8 Å². The molecule has 3 N–H and O–H groups in total. The second-order valence-electron chi connectivity index (χ2n) is 4.02. The lowest BCUT2D eigenvalue weighted by molar-refractivity contribution is 0.151. The predicted octanol–water partition coefficient (Wildman–Crippen LogP) is 0.570. The summed E-state index contributed by atoms with van der Waals surface area (Å²) >= 11 is 0. The van der Waals surface area contributed by atoms with E-state index in [1.165, 1.54) is 6.42 Å². The maximum atomic E-state index is 9.10. The lowest BCUT2D eigenvalue weighted by atomic mass is 10.1. The van der Waals surface area contributed by atoms with Gasteiger partial charge in [0, 0.05) is 18.6 Å². The maximum absolute atomic E-state index is 9.10. The Balaban J connectivity index is 2.26. The summed E-state index contributed by atoms with van der Waals surface area (Å²) in [5.74, 6) is 0. The van der Waals surface area contributed by atoms with Gasteiger partial charge in [-0.15, -0.1) is 0 Å². The van der Waals surface area contributed by atoms with E-state index in [1.807, 2.05) is 0 Å². The van der Waals surface area contributed by atoms with Gasteiger partial charge in [0.05, 0.1) is 6.61 Å². The van der Waals surface area contributed by atoms with Crippen molar-refractivity contribution in [3.05, 3.63) is 0 Å². The van der Waals surface area contributed by atoms with Gasteiger partial charge in [0.25, 0.3) is 0 Å². The standard InChI is InChI=1S/C10H22N2O/c1-2-4-9(11)7-12-6-3-5-10(12)8-13/h9-10,13H,2-8,11H2,1H3/t9-,10-/m0/s1. The summed E-state index contributed by atoms with van der Waals surface area (Å²) < 4.78 is 0. The average Bonchev–Trinajstić information content (AvgIpc) is 2.52. The summed E-state index contributed by atoms with van der Waals surface area (Å²) in [5.41, 5.74) is 5.96. The predicted molar refractivity (Wildman–Crippen MR) is 54.6 cm³/mol. The topological polar surface area (TPSA) is 49.5 Å². The monoisotopic (exact) mass is 186 g/mol. The van der Waals surface area contributed by atoms with E-state index in [0.717, 1.165) is 32.4 Å². The van der Waals surface area contributed by atoms with Crippen molar-refractivity contribution in [3.63, 3.8) is 0 Å². The highest BCUT2D eigenvalue weighted by atomic mass is 16.3. The maximum Gasteiger partial charge on any atom is 0.0586 e. The molecule has 1 aliphatic rings. The minimum absolute atomic E-state index is 0.289. The number of rotatable bonds is 5. The van der Waals surface area contributed by atoms with Crippen LogP contribution >= 0.6 is 0 Å². The molecule has 13 heavy (non-hydrogen) atoms. The summed E-state index contributed by atoms with van der Waals surface area (Å²) in [6.07, 6.45) is 4.59. The first-order chi connectivity index (χ1) is 6.27. The Morgan fingerprint density at radius 1 is 1.62 bits per heavy atom. The van der Waals surface area contributed by atoms with Crippen molar-refractivity contribution in [1.29, 1.82) is 0 Å². The molecule has 0 unspecified atom stereocenters. The van der Waals surface area contributed by atoms with Gasteiger partial charge in [0.15, 0.2) is 0 Å². The Morgan fingerprint density at radius 3 is 3.00 bits per heavy atom. The zero-order valence-electron chi connectivity index (χ0n) is 8.58. The van der Waals surface area contributed by atoms with Gasteiger partial charge in [0.2, 0.25) is 0 Å². The summed E-state index contributed by atoms with van der Waals surface area (Å²) in [6, 6.07) is 0.667. The van der Waals surface area contributed by atoms with Gasteiger partial charge in [-0.1, -0.05) is 13.3 Å². The van der Waals surface area contributed by atoms with Crippen molar-refractivity contribution >= 4 is 0 Å². The first-order valence-electron chi connectivity index (χ1n) is 5.38. The fraction of sp³-hybridized carbons (Fsp3) is 1.00. The highest BCUT2D eigenvalue weighted by molar-refractivity contribution is 4.81. The molecule has 1 heterocycles. The van der Waals surface area contributed by atoms with Crippen LogP contribution < -0.4 is 5.73 Å². The third-order valence-corrected chi connectivity index (χ3v) is 2.84. The van der Waals surface area contributed by atoms with E-state index >= 15 is 0 Å². The summed E-state index contributed by atoms with van der Waals surface area (Å²) in [6.45, 7) is 4.52. The van der Waals surface area contributed by atoms with E-state index in [-0.39, 0.29) is 6.04 Å². The molecular formula is C10H22N2O. The number of aliphatic hydroxyl groups excluding tert-OH is 1. The molecule has 0 aromatic rings. The molecule has 0 aliphatic carbocycles. The van der Waals surface area contributed by atoms with Crippen LogP contribution in [0, 0.1) is 0 Å². The summed E-state index contributed by atoms with van der Waals surface area (Å²) in [5, 5.41) is 9.10. The van der Waals surface area contributed by atoms with E-state index in [2.05, 4.69) is 11.8 Å². The number of nitrogens with two attached hydrogens (primary N) is 1. The molecule has 78 valence electrons. The molecule has 1 rings (SSSR count). The molecule has 0 bridgehead atoms. The molecule has 0 amide bonds. The first kappa shape index (κ1) is 11.0. The van der Waals surface area contributed by atoms with Crippen LogP contribution in [0.1, 0.15) is 32.6 Å². The SMILES string of the molecule is CCC[C@H](N)CN1CCC[C@H]1CO. The Kier molecular flexibility index (Phi) is 4.70. The Morgan fingerprint density at radius 2 is 2.38 bits per heavy atom. The Bertz CT molecular complexity index is 141. The van der Waals surface area contributed by atoms with Gasteiger partial charge >= 0.3 is 0 Å². The summed E-state index contributed by atoms with van der Waals surface area (Å²) in [4.78, 5) is 2.33. The molecule has 1 saturated heterocycles. The Hall–Kier alpha value is -0.120. The molecule has 0 spiro atoms. The average molecular weight is 186 g/mol. The molecule has 1 aliphatic heterocycles. The number of hydrogen-bond donors (Lipinski definition) is 2. The van der Waals surface area contributed by atoms with Crippen LogP contribution in [-0.2, 0) is 0 Å². The smallest absolute Gasteiger partial charge is 0.0586 e. The third-order valence-electron chi connectivity index (χ3n) is 2.84. The summed E-state index contributed by atoms with van der Waals surface area (Å²) in [7, 11) is 0. The largest absolute Gasteiger partial charge is 0.395 e. The lowest BCUT2D eigenvalue weighted by Gasteiger charge is -2.25. The van der Waals surface area contributed by atoms with Gasteiger partial charge in [-0.05, 0) is 25.8 Å². The minimum atomic E-state index is 0.289. The van der Waals surface area contributed by atoms with Crippen molar-refractivity contribution in [2.24, 2.45) is 5.73 Å². The molecule has 0 radical (unpaired) electrons. The van der Waals surface area contributed by atoms with Gasteiger partial charge in [-0.3, -0.25) is 4.90 Å². The van der Waals surface area contributed by atoms with Crippen molar-refractivity contribution in [2.45, 2.75) is 44.7 Å². The molecule has 0 aromatic heterocycles. The Labute approximate surface area is 80.9 Å². The molecule has 3 heteroatoms. The normalized spacial score (nSPS) is 26.5. The molecule has 0 aromatic carbocycles. The van der Waals surface area contributed by atoms with Crippen LogP contribution in [0.2, 0.25) is 0 Å². The van der Waals surface area contributed by atoms with E-state index in [9.17, 15) is 0 Å². The van der Waals surface area contributed by atoms with Crippen molar-refractivity contribution in [2.75, 3.05) is 19.7 Å². The van der Waals surface area contributed by atoms with E-state index < -0.39 is 0 Å². The van der Waals surface area contributed by atoms with Crippen molar-refractivity contribution < 1.29 is 5.11 Å². The highest BCUT2D eigenvalue weighted by Crippen LogP contribution is 2.16. The third kappa shape index (κ3) is 3.25. The molecule has 2 atom stereocenters. The number of hydrogen-bond acceptors (Lipinski definition) is 3. The first-order valence-corrected chi connectivity index (χ1v) is 5.38. The van der Waals surface area contributed by atoms with Gasteiger partial charge in [-0.2, -0.15) is 0 Å². The zero-order chi connectivity index (χ0) is 9.68. The van der Waals surface area contributed by atoms with E-state index in [0.29, 0.717) is 12.6 Å². The van der Waals surface area contributed by atoms with E-state index in [4.69, 9.17) is 10.8 Å². The van der Waals surface area contributed by atoms with Crippen molar-refractivity contribution in [3.8, 4) is 0 Å². The number of aliphatic hydroxyl groups is 1. The fourth-order valence-electron chi connectivity index (χ4n) is 2.11. The molecule has 0 saturated carbocycles. The van der Waals surface area contributed by atoms with Crippen LogP contribution in [0.15, 0.2) is 0 Å². The van der Waals surface area contributed by atoms with Gasteiger partial charge in [0.1, 0.15) is 0 Å². The fourth-order valence-corrected chi connectivity index (χ4v) is 2.11. The molecule has 3 nitrogen and oxygen atoms in total.